The summed E-state index contributed by atoms with van der Waals surface area (Å²) in [6.07, 6.45) is 1.53. The molecule has 0 saturated carbocycles. The van der Waals surface area contributed by atoms with E-state index < -0.39 is 0 Å². The van der Waals surface area contributed by atoms with Gasteiger partial charge in [-0.2, -0.15) is 0 Å². The van der Waals surface area contributed by atoms with Crippen LogP contribution in [0.25, 0.3) is 0 Å². The van der Waals surface area contributed by atoms with Gasteiger partial charge >= 0.3 is 6.03 Å². The maximum absolute atomic E-state index is 12.4. The third-order valence-corrected chi connectivity index (χ3v) is 4.39. The van der Waals surface area contributed by atoms with Gasteiger partial charge in [0, 0.05) is 31.4 Å². The monoisotopic (exact) mass is 332 g/mol. The molecule has 1 aromatic rings. The lowest BCUT2D eigenvalue weighted by atomic mass is 10.0. The lowest BCUT2D eigenvalue weighted by Gasteiger charge is -2.35. The Balaban J connectivity index is 1.41. The normalized spacial score (nSPS) is 22.0. The number of anilines is 1. The first-order valence-corrected chi connectivity index (χ1v) is 8.45. The number of likely N-dealkylation sites (tertiary alicyclic amines) is 1. The molecule has 0 radical (unpaired) electrons. The summed E-state index contributed by atoms with van der Waals surface area (Å²) in [6, 6.07) is 9.01. The van der Waals surface area contributed by atoms with Gasteiger partial charge in [0.25, 0.3) is 0 Å². The average molecular weight is 332 g/mol. The fraction of sp³-hybridized carbons (Fsp3) is 0.529. The zero-order chi connectivity index (χ0) is 16.8. The second kappa shape index (κ2) is 8.12. The first-order valence-electron chi connectivity index (χ1n) is 8.45. The van der Waals surface area contributed by atoms with E-state index >= 15 is 0 Å². The van der Waals surface area contributed by atoms with Crippen molar-refractivity contribution in [3.8, 4) is 0 Å². The van der Waals surface area contributed by atoms with E-state index in [9.17, 15) is 9.59 Å². The van der Waals surface area contributed by atoms with Crippen LogP contribution < -0.4 is 16.0 Å². The van der Waals surface area contributed by atoms with Gasteiger partial charge in [0.1, 0.15) is 6.04 Å². The topological polar surface area (TPSA) is 82.7 Å². The summed E-state index contributed by atoms with van der Waals surface area (Å²) in [5.41, 5.74) is 0.769. The van der Waals surface area contributed by atoms with Gasteiger partial charge in [-0.15, -0.1) is 0 Å². The predicted octanol–water partition coefficient (Wildman–Crippen LogP) is 0.787. The maximum Gasteiger partial charge on any atom is 0.319 e. The number of hydrogen-bond acceptors (Lipinski definition) is 4. The molecule has 2 saturated heterocycles. The number of hydrogen-bond donors (Lipinski definition) is 3. The van der Waals surface area contributed by atoms with E-state index in [0.29, 0.717) is 32.8 Å². The van der Waals surface area contributed by atoms with Gasteiger partial charge < -0.3 is 25.6 Å². The Bertz CT molecular complexity index is 552. The van der Waals surface area contributed by atoms with Crippen molar-refractivity contribution in [2.45, 2.75) is 24.9 Å². The van der Waals surface area contributed by atoms with Crippen molar-refractivity contribution in [3.63, 3.8) is 0 Å². The van der Waals surface area contributed by atoms with Gasteiger partial charge in [0.2, 0.25) is 5.91 Å². The third-order valence-electron chi connectivity index (χ3n) is 4.39. The van der Waals surface area contributed by atoms with Crippen molar-refractivity contribution >= 4 is 17.6 Å². The van der Waals surface area contributed by atoms with Crippen LogP contribution >= 0.6 is 0 Å². The van der Waals surface area contributed by atoms with Crippen LogP contribution in [0.3, 0.4) is 0 Å². The molecule has 1 atom stereocenters. The predicted molar refractivity (Wildman–Crippen MR) is 90.8 cm³/mol. The molecule has 1 unspecified atom stereocenters. The third kappa shape index (κ3) is 4.46. The Morgan fingerprint density at radius 2 is 1.92 bits per heavy atom. The van der Waals surface area contributed by atoms with E-state index in [2.05, 4.69) is 16.0 Å². The molecule has 2 aliphatic heterocycles. The number of carbonyl (C=O) groups is 2. The van der Waals surface area contributed by atoms with Gasteiger partial charge in [-0.3, -0.25) is 4.79 Å². The van der Waals surface area contributed by atoms with Crippen LogP contribution in [0.1, 0.15) is 12.8 Å². The first-order chi connectivity index (χ1) is 11.7. The van der Waals surface area contributed by atoms with Crippen LogP contribution in [0.4, 0.5) is 10.5 Å². The first kappa shape index (κ1) is 16.7. The number of para-hydroxylation sites is 1. The van der Waals surface area contributed by atoms with E-state index in [1.807, 2.05) is 35.2 Å². The number of morpholine rings is 1. The molecule has 24 heavy (non-hydrogen) atoms. The molecule has 2 heterocycles. The summed E-state index contributed by atoms with van der Waals surface area (Å²) in [6.45, 7) is 3.14. The molecule has 3 rings (SSSR count). The number of amides is 3. The second-order valence-electron chi connectivity index (χ2n) is 6.15. The molecular formula is C17H24N4O3. The number of urea groups is 1. The largest absolute Gasteiger partial charge is 0.378 e. The molecule has 2 fully saturated rings. The number of rotatable bonds is 3. The highest BCUT2D eigenvalue weighted by Crippen LogP contribution is 2.13. The van der Waals surface area contributed by atoms with Gasteiger partial charge in [-0.25, -0.2) is 4.79 Å². The number of ether oxygens (including phenoxy) is 1. The molecule has 2 aliphatic rings. The minimum atomic E-state index is -0.232. The van der Waals surface area contributed by atoms with Gasteiger partial charge in [0.15, 0.2) is 0 Å². The van der Waals surface area contributed by atoms with Crippen molar-refractivity contribution in [2.24, 2.45) is 0 Å². The van der Waals surface area contributed by atoms with E-state index in [1.165, 1.54) is 0 Å². The Morgan fingerprint density at radius 3 is 2.58 bits per heavy atom. The highest BCUT2D eigenvalue weighted by atomic mass is 16.5. The minimum Gasteiger partial charge on any atom is -0.378 e. The van der Waals surface area contributed by atoms with Crippen molar-refractivity contribution in [2.75, 3.05) is 38.2 Å². The van der Waals surface area contributed by atoms with Crippen molar-refractivity contribution in [1.82, 2.24) is 15.5 Å². The smallest absolute Gasteiger partial charge is 0.319 e. The van der Waals surface area contributed by atoms with Crippen LogP contribution in [0, 0.1) is 0 Å². The van der Waals surface area contributed by atoms with Gasteiger partial charge in [0.05, 0.1) is 13.2 Å². The summed E-state index contributed by atoms with van der Waals surface area (Å²) in [5.74, 6) is 0.0990. The quantitative estimate of drug-likeness (QED) is 0.764. The lowest BCUT2D eigenvalue weighted by molar-refractivity contribution is -0.137. The zero-order valence-electron chi connectivity index (χ0n) is 13.7. The molecular weight excluding hydrogens is 308 g/mol. The van der Waals surface area contributed by atoms with Gasteiger partial charge in [-0.05, 0) is 25.0 Å². The molecule has 0 bridgehead atoms. The average Bonchev–Trinajstić information content (AvgIpc) is 2.63. The molecule has 3 amide bonds. The summed E-state index contributed by atoms with van der Waals surface area (Å²) >= 11 is 0. The maximum atomic E-state index is 12.4. The van der Waals surface area contributed by atoms with Crippen LogP contribution in [0.15, 0.2) is 30.3 Å². The Hall–Kier alpha value is -2.12. The van der Waals surface area contributed by atoms with Crippen LogP contribution in [0.5, 0.6) is 0 Å². The summed E-state index contributed by atoms with van der Waals surface area (Å²) in [7, 11) is 0. The minimum absolute atomic E-state index is 0.0910. The van der Waals surface area contributed by atoms with Crippen molar-refractivity contribution in [3.05, 3.63) is 30.3 Å². The fourth-order valence-electron chi connectivity index (χ4n) is 3.06. The highest BCUT2D eigenvalue weighted by Gasteiger charge is 2.29. The Labute approximate surface area is 141 Å². The summed E-state index contributed by atoms with van der Waals surface area (Å²) in [5, 5.41) is 8.99. The number of nitrogens with zero attached hydrogens (tertiary/aromatic N) is 1. The number of carbonyl (C=O) groups excluding carboxylic acids is 2. The molecule has 130 valence electrons. The molecule has 7 heteroatoms. The number of piperidine rings is 1. The molecule has 0 aromatic heterocycles. The Morgan fingerprint density at radius 1 is 1.17 bits per heavy atom. The number of nitrogens with one attached hydrogen (secondary N) is 3. The van der Waals surface area contributed by atoms with Crippen LogP contribution in [0.2, 0.25) is 0 Å². The van der Waals surface area contributed by atoms with E-state index in [-0.39, 0.29) is 24.0 Å². The molecule has 3 N–H and O–H groups in total. The van der Waals surface area contributed by atoms with Crippen LogP contribution in [-0.2, 0) is 9.53 Å². The number of benzene rings is 1. The second-order valence-corrected chi connectivity index (χ2v) is 6.15. The molecule has 1 aromatic carbocycles. The standard InChI is InChI=1S/C17H24N4O3/c22-16(15-12-24-11-8-18-15)21-9-6-14(7-10-21)20-17(23)19-13-4-2-1-3-5-13/h1-5,14-15,18H,6-12H2,(H2,19,20,23). The van der Waals surface area contributed by atoms with E-state index in [1.54, 1.807) is 0 Å². The SMILES string of the molecule is O=C(Nc1ccccc1)NC1CCN(C(=O)C2COCCN2)CC1. The van der Waals surface area contributed by atoms with Crippen molar-refractivity contribution in [1.29, 1.82) is 0 Å². The van der Waals surface area contributed by atoms with Gasteiger partial charge in [-0.1, -0.05) is 18.2 Å². The lowest BCUT2D eigenvalue weighted by Crippen LogP contribution is -2.55. The summed E-state index contributed by atoms with van der Waals surface area (Å²) < 4.78 is 5.35. The molecule has 0 aliphatic carbocycles. The molecule has 7 nitrogen and oxygen atoms in total. The van der Waals surface area contributed by atoms with Crippen LogP contribution in [-0.4, -0.2) is 61.8 Å². The van der Waals surface area contributed by atoms with E-state index in [0.717, 1.165) is 18.5 Å². The zero-order valence-corrected chi connectivity index (χ0v) is 13.7. The molecule has 0 spiro atoms. The van der Waals surface area contributed by atoms with E-state index in [4.69, 9.17) is 4.74 Å². The Kier molecular flexibility index (Phi) is 5.66. The van der Waals surface area contributed by atoms with Crippen molar-refractivity contribution < 1.29 is 14.3 Å². The fourth-order valence-corrected chi connectivity index (χ4v) is 3.06. The summed E-state index contributed by atoms with van der Waals surface area (Å²) in [4.78, 5) is 26.3. The highest BCUT2D eigenvalue weighted by molar-refractivity contribution is 5.89.